The predicted molar refractivity (Wildman–Crippen MR) is 75.7 cm³/mol. The van der Waals surface area contributed by atoms with Gasteiger partial charge in [0, 0.05) is 11.4 Å². The highest BCUT2D eigenvalue weighted by Gasteiger charge is 2.32. The van der Waals surface area contributed by atoms with Crippen molar-refractivity contribution in [2.45, 2.75) is 51.6 Å². The maximum absolute atomic E-state index is 12.4. The summed E-state index contributed by atoms with van der Waals surface area (Å²) in [5.41, 5.74) is 7.32. The van der Waals surface area contributed by atoms with E-state index in [-0.39, 0.29) is 18.0 Å². The summed E-state index contributed by atoms with van der Waals surface area (Å²) in [5.74, 6) is 0.126. The third kappa shape index (κ3) is 2.45. The molecule has 100 valence electrons. The normalized spacial score (nSPS) is 20.6. The number of nitrogens with two attached hydrogens (primary N) is 1. The molecule has 18 heavy (non-hydrogen) atoms. The summed E-state index contributed by atoms with van der Waals surface area (Å²) in [7, 11) is 0. The lowest BCUT2D eigenvalue weighted by atomic mass is 9.96. The van der Waals surface area contributed by atoms with Gasteiger partial charge in [-0.05, 0) is 36.3 Å². The van der Waals surface area contributed by atoms with Crippen molar-refractivity contribution in [1.82, 2.24) is 4.90 Å². The van der Waals surface area contributed by atoms with E-state index < -0.39 is 0 Å². The SMILES string of the molecule is CCC[C@@H](N)C(=O)N1CCc2sccc2C1CC. The first-order valence-corrected chi connectivity index (χ1v) is 7.69. The van der Waals surface area contributed by atoms with E-state index >= 15 is 0 Å². The van der Waals surface area contributed by atoms with Gasteiger partial charge in [-0.2, -0.15) is 0 Å². The zero-order chi connectivity index (χ0) is 13.1. The minimum atomic E-state index is -0.329. The molecule has 1 aliphatic rings. The highest BCUT2D eigenvalue weighted by Crippen LogP contribution is 2.35. The van der Waals surface area contributed by atoms with Gasteiger partial charge in [-0.3, -0.25) is 4.79 Å². The number of hydrogen-bond acceptors (Lipinski definition) is 3. The van der Waals surface area contributed by atoms with Crippen LogP contribution in [0.4, 0.5) is 0 Å². The number of hydrogen-bond donors (Lipinski definition) is 1. The standard InChI is InChI=1S/C14H22N2OS/c1-3-5-11(15)14(17)16-8-6-13-10(7-9-18-13)12(16)4-2/h7,9,11-12H,3-6,8,15H2,1-2H3/t11-,12?/m1/s1. The lowest BCUT2D eigenvalue weighted by Gasteiger charge is -2.37. The fourth-order valence-electron chi connectivity index (χ4n) is 2.75. The summed E-state index contributed by atoms with van der Waals surface area (Å²) in [6.45, 7) is 5.03. The van der Waals surface area contributed by atoms with Gasteiger partial charge in [-0.15, -0.1) is 11.3 Å². The lowest BCUT2D eigenvalue weighted by Crippen LogP contribution is -2.47. The number of carbonyl (C=O) groups is 1. The monoisotopic (exact) mass is 266 g/mol. The van der Waals surface area contributed by atoms with Crippen molar-refractivity contribution >= 4 is 17.2 Å². The molecule has 0 radical (unpaired) electrons. The Morgan fingerprint density at radius 3 is 3.06 bits per heavy atom. The Labute approximate surface area is 113 Å². The van der Waals surface area contributed by atoms with Crippen molar-refractivity contribution in [3.05, 3.63) is 21.9 Å². The zero-order valence-corrected chi connectivity index (χ0v) is 12.0. The number of thiophene rings is 1. The van der Waals surface area contributed by atoms with E-state index in [0.29, 0.717) is 0 Å². The molecule has 2 rings (SSSR count). The second-order valence-electron chi connectivity index (χ2n) is 4.90. The number of fused-ring (bicyclic) bond motifs is 1. The molecule has 2 atom stereocenters. The summed E-state index contributed by atoms with van der Waals surface area (Å²) in [6, 6.07) is 2.07. The van der Waals surface area contributed by atoms with E-state index in [1.165, 1.54) is 10.4 Å². The Bertz CT molecular complexity index is 416. The topological polar surface area (TPSA) is 46.3 Å². The molecule has 2 heterocycles. The fraction of sp³-hybridized carbons (Fsp3) is 0.643. The lowest BCUT2D eigenvalue weighted by molar-refractivity contribution is -0.135. The van der Waals surface area contributed by atoms with Crippen LogP contribution in [0.15, 0.2) is 11.4 Å². The first-order chi connectivity index (χ1) is 8.69. The molecule has 1 aromatic heterocycles. The number of carbonyl (C=O) groups excluding carboxylic acids is 1. The average Bonchev–Trinajstić information content (AvgIpc) is 2.85. The minimum absolute atomic E-state index is 0.126. The third-order valence-electron chi connectivity index (χ3n) is 3.68. The van der Waals surface area contributed by atoms with E-state index in [4.69, 9.17) is 5.73 Å². The van der Waals surface area contributed by atoms with Gasteiger partial charge < -0.3 is 10.6 Å². The third-order valence-corrected chi connectivity index (χ3v) is 4.68. The number of rotatable bonds is 4. The van der Waals surface area contributed by atoms with Gasteiger partial charge >= 0.3 is 0 Å². The highest BCUT2D eigenvalue weighted by molar-refractivity contribution is 7.10. The molecule has 1 aliphatic heterocycles. The predicted octanol–water partition coefficient (Wildman–Crippen LogP) is 2.71. The van der Waals surface area contributed by atoms with E-state index in [2.05, 4.69) is 25.3 Å². The van der Waals surface area contributed by atoms with Crippen molar-refractivity contribution in [3.8, 4) is 0 Å². The molecule has 0 aliphatic carbocycles. The molecule has 3 nitrogen and oxygen atoms in total. The van der Waals surface area contributed by atoms with Crippen molar-refractivity contribution in [2.24, 2.45) is 5.73 Å². The molecule has 4 heteroatoms. The number of nitrogens with zero attached hydrogens (tertiary/aromatic N) is 1. The average molecular weight is 266 g/mol. The van der Waals surface area contributed by atoms with Crippen LogP contribution in [0, 0.1) is 0 Å². The van der Waals surface area contributed by atoms with E-state index in [1.54, 1.807) is 0 Å². The molecule has 1 aromatic rings. The van der Waals surface area contributed by atoms with Gasteiger partial charge in [0.25, 0.3) is 0 Å². The maximum Gasteiger partial charge on any atom is 0.240 e. The van der Waals surface area contributed by atoms with Crippen LogP contribution in [0.2, 0.25) is 0 Å². The van der Waals surface area contributed by atoms with Crippen molar-refractivity contribution in [2.75, 3.05) is 6.54 Å². The van der Waals surface area contributed by atoms with Gasteiger partial charge in [-0.1, -0.05) is 20.3 Å². The number of amides is 1. The van der Waals surface area contributed by atoms with E-state index in [1.807, 2.05) is 16.2 Å². The Hall–Kier alpha value is -0.870. The molecule has 0 saturated heterocycles. The van der Waals surface area contributed by atoms with Gasteiger partial charge in [0.05, 0.1) is 12.1 Å². The van der Waals surface area contributed by atoms with Crippen LogP contribution in [0.3, 0.4) is 0 Å². The Morgan fingerprint density at radius 2 is 2.39 bits per heavy atom. The quantitative estimate of drug-likeness (QED) is 0.911. The maximum atomic E-state index is 12.4. The minimum Gasteiger partial charge on any atom is -0.334 e. The molecular formula is C14H22N2OS. The summed E-state index contributed by atoms with van der Waals surface area (Å²) >= 11 is 1.81. The van der Waals surface area contributed by atoms with Crippen molar-refractivity contribution in [1.29, 1.82) is 0 Å². The Balaban J connectivity index is 2.17. The molecule has 0 spiro atoms. The zero-order valence-electron chi connectivity index (χ0n) is 11.2. The van der Waals surface area contributed by atoms with Crippen LogP contribution in [-0.4, -0.2) is 23.4 Å². The van der Waals surface area contributed by atoms with Crippen molar-refractivity contribution < 1.29 is 4.79 Å². The molecule has 0 saturated carbocycles. The molecule has 1 amide bonds. The van der Waals surface area contributed by atoms with E-state index in [0.717, 1.165) is 32.2 Å². The largest absolute Gasteiger partial charge is 0.334 e. The molecule has 0 fully saturated rings. The Morgan fingerprint density at radius 1 is 1.61 bits per heavy atom. The summed E-state index contributed by atoms with van der Waals surface area (Å²) in [6.07, 6.45) is 3.69. The van der Waals surface area contributed by atoms with Crippen LogP contribution >= 0.6 is 11.3 Å². The first-order valence-electron chi connectivity index (χ1n) is 6.81. The van der Waals surface area contributed by atoms with Gasteiger partial charge in [0.2, 0.25) is 5.91 Å². The highest BCUT2D eigenvalue weighted by atomic mass is 32.1. The molecule has 0 aromatic carbocycles. The van der Waals surface area contributed by atoms with Crippen LogP contribution in [0.1, 0.15) is 49.6 Å². The molecule has 2 N–H and O–H groups in total. The first kappa shape index (κ1) is 13.6. The van der Waals surface area contributed by atoms with Crippen LogP contribution < -0.4 is 5.73 Å². The smallest absolute Gasteiger partial charge is 0.240 e. The summed E-state index contributed by atoms with van der Waals surface area (Å²) in [4.78, 5) is 15.8. The van der Waals surface area contributed by atoms with Crippen molar-refractivity contribution in [3.63, 3.8) is 0 Å². The molecule has 0 bridgehead atoms. The second kappa shape index (κ2) is 5.85. The summed E-state index contributed by atoms with van der Waals surface area (Å²) in [5, 5.41) is 2.13. The Kier molecular flexibility index (Phi) is 4.40. The van der Waals surface area contributed by atoms with E-state index in [9.17, 15) is 4.79 Å². The molecular weight excluding hydrogens is 244 g/mol. The molecule has 1 unspecified atom stereocenters. The van der Waals surface area contributed by atoms with Crippen LogP contribution in [0.25, 0.3) is 0 Å². The van der Waals surface area contributed by atoms with Crippen LogP contribution in [0.5, 0.6) is 0 Å². The fourth-order valence-corrected chi connectivity index (χ4v) is 3.68. The summed E-state index contributed by atoms with van der Waals surface area (Å²) < 4.78 is 0. The van der Waals surface area contributed by atoms with Gasteiger partial charge in [-0.25, -0.2) is 0 Å². The van der Waals surface area contributed by atoms with Crippen LogP contribution in [-0.2, 0) is 11.2 Å². The van der Waals surface area contributed by atoms with Gasteiger partial charge in [0.1, 0.15) is 0 Å². The van der Waals surface area contributed by atoms with Gasteiger partial charge in [0.15, 0.2) is 0 Å². The second-order valence-corrected chi connectivity index (χ2v) is 5.90.